The molecular weight excluding hydrogens is 394 g/mol. The zero-order valence-corrected chi connectivity index (χ0v) is 18.2. The van der Waals surface area contributed by atoms with Crippen molar-refractivity contribution in [3.8, 4) is 22.8 Å². The van der Waals surface area contributed by atoms with Crippen LogP contribution in [-0.2, 0) is 4.79 Å². The minimum Gasteiger partial charge on any atom is -0.455 e. The Bertz CT molecular complexity index is 1100. The first-order valence-electron chi connectivity index (χ1n) is 9.79. The van der Waals surface area contributed by atoms with Crippen LogP contribution in [0.15, 0.2) is 48.8 Å². The van der Waals surface area contributed by atoms with E-state index in [-0.39, 0.29) is 5.91 Å². The van der Waals surface area contributed by atoms with Gasteiger partial charge in [0.1, 0.15) is 17.3 Å². The molecule has 0 atom stereocenters. The normalized spacial score (nSPS) is 11.0. The highest BCUT2D eigenvalue weighted by atomic mass is 16.5. The average molecular weight is 419 g/mol. The first kappa shape index (κ1) is 21.9. The van der Waals surface area contributed by atoms with E-state index in [9.17, 15) is 9.59 Å². The van der Waals surface area contributed by atoms with Crippen LogP contribution in [0.25, 0.3) is 11.3 Å². The number of pyridine rings is 3. The molecule has 0 spiro atoms. The number of aromatic nitrogens is 3. The molecule has 3 aromatic rings. The van der Waals surface area contributed by atoms with E-state index in [0.29, 0.717) is 23.0 Å². The third-order valence-corrected chi connectivity index (χ3v) is 4.35. The molecule has 3 heterocycles. The summed E-state index contributed by atoms with van der Waals surface area (Å²) < 4.78 is 5.96. The number of nitrogens with one attached hydrogen (secondary N) is 2. The number of amides is 3. The summed E-state index contributed by atoms with van der Waals surface area (Å²) in [5.41, 5.74) is 2.48. The number of rotatable bonds is 4. The monoisotopic (exact) mass is 419 g/mol. The first-order chi connectivity index (χ1) is 14.6. The van der Waals surface area contributed by atoms with E-state index < -0.39 is 11.4 Å². The van der Waals surface area contributed by atoms with E-state index in [1.807, 2.05) is 25.1 Å². The fraction of sp³-hybridized carbons (Fsp3) is 0.261. The van der Waals surface area contributed by atoms with Crippen LogP contribution in [0, 0.1) is 19.3 Å². The number of aryl methyl sites for hydroxylation is 2. The summed E-state index contributed by atoms with van der Waals surface area (Å²) in [6.07, 6.45) is 3.43. The largest absolute Gasteiger partial charge is 0.455 e. The van der Waals surface area contributed by atoms with Gasteiger partial charge in [0.15, 0.2) is 0 Å². The van der Waals surface area contributed by atoms with Crippen molar-refractivity contribution in [3.63, 3.8) is 0 Å². The van der Waals surface area contributed by atoms with Crippen LogP contribution in [0.5, 0.6) is 11.5 Å². The van der Waals surface area contributed by atoms with Crippen molar-refractivity contribution in [3.05, 3.63) is 60.2 Å². The Balaban J connectivity index is 1.70. The standard InChI is InChI=1S/C23H25N5O3/c1-14-6-7-16(13-25-14)18-12-17(10-11-24-18)31-19-8-9-20(26-15(19)2)27-22(30)28-21(29)23(3,4)5/h6-13H,1-5H3,(H2,26,27,28,29,30). The van der Waals surface area contributed by atoms with Crippen molar-refractivity contribution in [2.45, 2.75) is 34.6 Å². The summed E-state index contributed by atoms with van der Waals surface area (Å²) in [4.78, 5) is 36.9. The van der Waals surface area contributed by atoms with Gasteiger partial charge in [-0.25, -0.2) is 9.78 Å². The van der Waals surface area contributed by atoms with Crippen LogP contribution in [0.2, 0.25) is 0 Å². The number of nitrogens with zero attached hydrogens (tertiary/aromatic N) is 3. The Kier molecular flexibility index (Phi) is 6.29. The van der Waals surface area contributed by atoms with Gasteiger partial charge >= 0.3 is 6.03 Å². The van der Waals surface area contributed by atoms with Gasteiger partial charge in [-0.2, -0.15) is 0 Å². The molecule has 160 valence electrons. The third-order valence-electron chi connectivity index (χ3n) is 4.35. The lowest BCUT2D eigenvalue weighted by Gasteiger charge is -2.17. The number of imide groups is 1. The van der Waals surface area contributed by atoms with Crippen molar-refractivity contribution in [1.29, 1.82) is 0 Å². The van der Waals surface area contributed by atoms with Gasteiger partial charge < -0.3 is 4.74 Å². The summed E-state index contributed by atoms with van der Waals surface area (Å²) in [6, 6.07) is 10.1. The summed E-state index contributed by atoms with van der Waals surface area (Å²) in [5.74, 6) is 1.07. The van der Waals surface area contributed by atoms with Gasteiger partial charge in [-0.1, -0.05) is 20.8 Å². The van der Waals surface area contributed by atoms with E-state index in [4.69, 9.17) is 4.74 Å². The molecule has 31 heavy (non-hydrogen) atoms. The SMILES string of the molecule is Cc1ccc(-c2cc(Oc3ccc(NC(=O)NC(=O)C(C)(C)C)nc3C)ccn2)cn1. The lowest BCUT2D eigenvalue weighted by molar-refractivity contribution is -0.127. The second-order valence-corrected chi connectivity index (χ2v) is 8.11. The maximum Gasteiger partial charge on any atom is 0.327 e. The van der Waals surface area contributed by atoms with Crippen LogP contribution < -0.4 is 15.4 Å². The van der Waals surface area contributed by atoms with Gasteiger partial charge in [-0.15, -0.1) is 0 Å². The Hall–Kier alpha value is -3.81. The smallest absolute Gasteiger partial charge is 0.327 e. The van der Waals surface area contributed by atoms with Crippen LogP contribution in [0.3, 0.4) is 0 Å². The van der Waals surface area contributed by atoms with Gasteiger partial charge in [0, 0.05) is 35.1 Å². The predicted octanol–water partition coefficient (Wildman–Crippen LogP) is 4.64. The topological polar surface area (TPSA) is 106 Å². The van der Waals surface area contributed by atoms with Gasteiger partial charge in [0.2, 0.25) is 5.91 Å². The summed E-state index contributed by atoms with van der Waals surface area (Å²) in [6.45, 7) is 8.87. The molecule has 0 bridgehead atoms. The fourth-order valence-electron chi connectivity index (χ4n) is 2.54. The lowest BCUT2D eigenvalue weighted by atomic mass is 9.96. The number of ether oxygens (including phenoxy) is 1. The molecule has 0 aliphatic carbocycles. The van der Waals surface area contributed by atoms with Gasteiger partial charge in [-0.3, -0.25) is 25.4 Å². The van der Waals surface area contributed by atoms with Gasteiger partial charge in [-0.05, 0) is 44.2 Å². The number of hydrogen-bond donors (Lipinski definition) is 2. The molecule has 0 aliphatic rings. The maximum absolute atomic E-state index is 12.0. The minimum absolute atomic E-state index is 0.310. The van der Waals surface area contributed by atoms with Crippen molar-refractivity contribution in [2.24, 2.45) is 5.41 Å². The van der Waals surface area contributed by atoms with Crippen molar-refractivity contribution < 1.29 is 14.3 Å². The second kappa shape index (κ2) is 8.91. The van der Waals surface area contributed by atoms with Gasteiger partial charge in [0.05, 0.1) is 11.4 Å². The Morgan fingerprint density at radius 3 is 2.42 bits per heavy atom. The molecule has 8 nitrogen and oxygen atoms in total. The Morgan fingerprint density at radius 2 is 1.77 bits per heavy atom. The molecule has 0 saturated carbocycles. The molecule has 8 heteroatoms. The Labute approximate surface area is 181 Å². The fourth-order valence-corrected chi connectivity index (χ4v) is 2.54. The van der Waals surface area contributed by atoms with E-state index >= 15 is 0 Å². The van der Waals surface area contributed by atoms with E-state index in [1.54, 1.807) is 58.3 Å². The molecular formula is C23H25N5O3. The summed E-state index contributed by atoms with van der Waals surface area (Å²) >= 11 is 0. The maximum atomic E-state index is 12.0. The van der Waals surface area contributed by atoms with Crippen molar-refractivity contribution >= 4 is 17.8 Å². The molecule has 3 rings (SSSR count). The minimum atomic E-state index is -0.670. The number of anilines is 1. The molecule has 0 radical (unpaired) electrons. The summed E-state index contributed by atoms with van der Waals surface area (Å²) in [7, 11) is 0. The zero-order chi connectivity index (χ0) is 22.6. The number of hydrogen-bond acceptors (Lipinski definition) is 6. The van der Waals surface area contributed by atoms with Crippen LogP contribution in [0.1, 0.15) is 32.2 Å². The quantitative estimate of drug-likeness (QED) is 0.638. The number of carbonyl (C=O) groups excluding carboxylic acids is 2. The molecule has 0 saturated heterocycles. The lowest BCUT2D eigenvalue weighted by Crippen LogP contribution is -2.41. The van der Waals surface area contributed by atoms with Crippen molar-refractivity contribution in [2.75, 3.05) is 5.32 Å². The zero-order valence-electron chi connectivity index (χ0n) is 18.2. The Morgan fingerprint density at radius 1 is 1.00 bits per heavy atom. The van der Waals surface area contributed by atoms with Crippen molar-refractivity contribution in [1.82, 2.24) is 20.3 Å². The third kappa shape index (κ3) is 5.85. The van der Waals surface area contributed by atoms with E-state index in [2.05, 4.69) is 25.6 Å². The van der Waals surface area contributed by atoms with Gasteiger partial charge in [0.25, 0.3) is 0 Å². The van der Waals surface area contributed by atoms with E-state index in [1.165, 1.54) is 0 Å². The molecule has 0 aliphatic heterocycles. The molecule has 0 unspecified atom stereocenters. The number of urea groups is 1. The molecule has 3 amide bonds. The molecule has 0 aromatic carbocycles. The highest BCUT2D eigenvalue weighted by Crippen LogP contribution is 2.28. The predicted molar refractivity (Wildman–Crippen MR) is 118 cm³/mol. The van der Waals surface area contributed by atoms with Crippen LogP contribution >= 0.6 is 0 Å². The van der Waals surface area contributed by atoms with Crippen LogP contribution in [0.4, 0.5) is 10.6 Å². The average Bonchev–Trinajstić information content (AvgIpc) is 2.70. The van der Waals surface area contributed by atoms with Crippen LogP contribution in [-0.4, -0.2) is 26.9 Å². The summed E-state index contributed by atoms with van der Waals surface area (Å²) in [5, 5.41) is 4.85. The molecule has 3 aromatic heterocycles. The second-order valence-electron chi connectivity index (χ2n) is 8.11. The molecule has 2 N–H and O–H groups in total. The number of carbonyl (C=O) groups is 2. The highest BCUT2D eigenvalue weighted by Gasteiger charge is 2.23. The molecule has 0 fully saturated rings. The van der Waals surface area contributed by atoms with E-state index in [0.717, 1.165) is 17.0 Å². The first-order valence-corrected chi connectivity index (χ1v) is 9.79. The highest BCUT2D eigenvalue weighted by molar-refractivity contribution is 6.02.